The fourth-order valence-electron chi connectivity index (χ4n) is 1.92. The highest BCUT2D eigenvalue weighted by atomic mass is 16.5. The minimum Gasteiger partial charge on any atom is -0.492 e. The lowest BCUT2D eigenvalue weighted by Gasteiger charge is -2.09. The maximum atomic E-state index is 12.0. The molecule has 1 aromatic heterocycles. The van der Waals surface area contributed by atoms with Crippen molar-refractivity contribution in [1.82, 2.24) is 0 Å². The molecule has 0 aliphatic rings. The molecule has 24 heavy (non-hydrogen) atoms. The van der Waals surface area contributed by atoms with E-state index in [9.17, 15) is 9.59 Å². The first-order valence-electron chi connectivity index (χ1n) is 7.51. The molecule has 0 aliphatic heterocycles. The van der Waals surface area contributed by atoms with Gasteiger partial charge in [-0.15, -0.1) is 0 Å². The molecular weight excluding hydrogens is 310 g/mol. The Labute approximate surface area is 140 Å². The van der Waals surface area contributed by atoms with Crippen molar-refractivity contribution in [2.45, 2.75) is 20.5 Å². The Kier molecular flexibility index (Phi) is 6.19. The number of esters is 1. The molecule has 2 rings (SSSR count). The lowest BCUT2D eigenvalue weighted by Crippen LogP contribution is -2.09. The van der Waals surface area contributed by atoms with E-state index in [1.807, 2.05) is 19.1 Å². The molecule has 6 nitrogen and oxygen atoms in total. The van der Waals surface area contributed by atoms with Crippen molar-refractivity contribution in [3.05, 3.63) is 54.0 Å². The summed E-state index contributed by atoms with van der Waals surface area (Å²) in [6.07, 6.45) is 2.90. The Hall–Kier alpha value is -3.02. The molecule has 0 saturated carbocycles. The van der Waals surface area contributed by atoms with Crippen LogP contribution in [0.25, 0.3) is 6.08 Å². The number of furan rings is 1. The highest BCUT2D eigenvalue weighted by Crippen LogP contribution is 2.23. The number of benzene rings is 1. The summed E-state index contributed by atoms with van der Waals surface area (Å²) in [6, 6.07) is 10.6. The van der Waals surface area contributed by atoms with Crippen LogP contribution in [0.1, 0.15) is 25.4 Å². The molecule has 0 spiro atoms. The van der Waals surface area contributed by atoms with Crippen molar-refractivity contribution >= 4 is 23.6 Å². The Morgan fingerprint density at radius 2 is 2.00 bits per heavy atom. The first-order valence-corrected chi connectivity index (χ1v) is 7.51. The van der Waals surface area contributed by atoms with E-state index in [1.54, 1.807) is 24.3 Å². The minimum absolute atomic E-state index is 0.0666. The summed E-state index contributed by atoms with van der Waals surface area (Å²) in [5.74, 6) is 0.927. The van der Waals surface area contributed by atoms with Gasteiger partial charge in [-0.3, -0.25) is 9.59 Å². The van der Waals surface area contributed by atoms with Crippen molar-refractivity contribution in [1.29, 1.82) is 0 Å². The number of para-hydroxylation sites is 2. The first kappa shape index (κ1) is 17.3. The summed E-state index contributed by atoms with van der Waals surface area (Å²) in [4.78, 5) is 22.7. The second-order valence-electron chi connectivity index (χ2n) is 4.84. The molecule has 0 fully saturated rings. The summed E-state index contributed by atoms with van der Waals surface area (Å²) in [6.45, 7) is 3.79. The molecule has 0 atom stereocenters. The van der Waals surface area contributed by atoms with Crippen LogP contribution in [0.3, 0.4) is 0 Å². The normalized spacial score (nSPS) is 10.6. The van der Waals surface area contributed by atoms with Crippen molar-refractivity contribution < 1.29 is 23.5 Å². The Balaban J connectivity index is 1.95. The van der Waals surface area contributed by atoms with E-state index in [1.165, 1.54) is 19.1 Å². The standard InChI is InChI=1S/C18H19NO5/c1-3-22-17-7-5-4-6-16(17)19-18(21)11-10-14-8-9-15(24-14)12-23-13(2)20/h4-11H,3,12H2,1-2H3,(H,19,21). The van der Waals surface area contributed by atoms with E-state index in [0.717, 1.165) is 0 Å². The fraction of sp³-hybridized carbons (Fsp3) is 0.222. The summed E-state index contributed by atoms with van der Waals surface area (Å²) >= 11 is 0. The van der Waals surface area contributed by atoms with Crippen molar-refractivity contribution in [3.63, 3.8) is 0 Å². The molecule has 1 heterocycles. The molecular formula is C18H19NO5. The van der Waals surface area contributed by atoms with Crippen LogP contribution >= 0.6 is 0 Å². The number of carbonyl (C=O) groups excluding carboxylic acids is 2. The number of hydrogen-bond acceptors (Lipinski definition) is 5. The van der Waals surface area contributed by atoms with Crippen LogP contribution in [-0.4, -0.2) is 18.5 Å². The molecule has 6 heteroatoms. The minimum atomic E-state index is -0.379. The fourth-order valence-corrected chi connectivity index (χ4v) is 1.92. The second kappa shape index (κ2) is 8.57. The van der Waals surface area contributed by atoms with Crippen molar-refractivity contribution in [2.75, 3.05) is 11.9 Å². The zero-order valence-electron chi connectivity index (χ0n) is 13.6. The molecule has 1 N–H and O–H groups in total. The van der Waals surface area contributed by atoms with E-state index < -0.39 is 0 Å². The van der Waals surface area contributed by atoms with E-state index in [4.69, 9.17) is 13.9 Å². The predicted molar refractivity (Wildman–Crippen MR) is 89.5 cm³/mol. The number of amides is 1. The van der Waals surface area contributed by atoms with E-state index in [0.29, 0.717) is 29.6 Å². The lowest BCUT2D eigenvalue weighted by molar-refractivity contribution is -0.142. The number of carbonyl (C=O) groups is 2. The molecule has 0 aliphatic carbocycles. The molecule has 1 amide bonds. The zero-order chi connectivity index (χ0) is 17.4. The Morgan fingerprint density at radius 1 is 1.21 bits per heavy atom. The molecule has 0 radical (unpaired) electrons. The van der Waals surface area contributed by atoms with Crippen LogP contribution in [0.2, 0.25) is 0 Å². The van der Waals surface area contributed by atoms with Gasteiger partial charge in [0, 0.05) is 13.0 Å². The van der Waals surface area contributed by atoms with Crippen LogP contribution in [0.5, 0.6) is 5.75 Å². The van der Waals surface area contributed by atoms with Gasteiger partial charge in [0.15, 0.2) is 0 Å². The van der Waals surface area contributed by atoms with Crippen molar-refractivity contribution in [2.24, 2.45) is 0 Å². The molecule has 126 valence electrons. The second-order valence-corrected chi connectivity index (χ2v) is 4.84. The average Bonchev–Trinajstić information content (AvgIpc) is 3.01. The molecule has 0 saturated heterocycles. The number of rotatable bonds is 7. The smallest absolute Gasteiger partial charge is 0.303 e. The summed E-state index contributed by atoms with van der Waals surface area (Å²) in [5.41, 5.74) is 0.601. The third kappa shape index (κ3) is 5.31. The first-order chi connectivity index (χ1) is 11.6. The van der Waals surface area contributed by atoms with Crippen molar-refractivity contribution in [3.8, 4) is 5.75 Å². The Bertz CT molecular complexity index is 733. The maximum absolute atomic E-state index is 12.0. The van der Waals surface area contributed by atoms with Crippen LogP contribution < -0.4 is 10.1 Å². The molecule has 1 aromatic carbocycles. The molecule has 2 aromatic rings. The van der Waals surface area contributed by atoms with Gasteiger partial charge in [0.05, 0.1) is 12.3 Å². The van der Waals surface area contributed by atoms with E-state index in [-0.39, 0.29) is 18.5 Å². The topological polar surface area (TPSA) is 77.8 Å². The van der Waals surface area contributed by atoms with Crippen LogP contribution in [0, 0.1) is 0 Å². The summed E-state index contributed by atoms with van der Waals surface area (Å²) in [7, 11) is 0. The van der Waals surface area contributed by atoms with Gasteiger partial charge in [0.25, 0.3) is 0 Å². The Morgan fingerprint density at radius 3 is 2.75 bits per heavy atom. The van der Waals surface area contributed by atoms with Gasteiger partial charge in [-0.2, -0.15) is 0 Å². The summed E-state index contributed by atoms with van der Waals surface area (Å²) < 4.78 is 15.7. The summed E-state index contributed by atoms with van der Waals surface area (Å²) in [5, 5.41) is 2.75. The lowest BCUT2D eigenvalue weighted by atomic mass is 10.3. The van der Waals surface area contributed by atoms with Gasteiger partial charge < -0.3 is 19.2 Å². The van der Waals surface area contributed by atoms with Gasteiger partial charge in [-0.25, -0.2) is 0 Å². The van der Waals surface area contributed by atoms with E-state index >= 15 is 0 Å². The van der Waals surface area contributed by atoms with Gasteiger partial charge >= 0.3 is 5.97 Å². The van der Waals surface area contributed by atoms with Crippen LogP contribution in [-0.2, 0) is 20.9 Å². The zero-order valence-corrected chi connectivity index (χ0v) is 13.6. The van der Waals surface area contributed by atoms with Gasteiger partial charge in [-0.05, 0) is 37.3 Å². The molecule has 0 bridgehead atoms. The quantitative estimate of drug-likeness (QED) is 0.622. The van der Waals surface area contributed by atoms with Crippen LogP contribution in [0.15, 0.2) is 46.9 Å². The molecule has 0 unspecified atom stereocenters. The number of ether oxygens (including phenoxy) is 2. The highest BCUT2D eigenvalue weighted by Gasteiger charge is 2.06. The largest absolute Gasteiger partial charge is 0.492 e. The third-order valence-corrected chi connectivity index (χ3v) is 2.94. The number of nitrogens with one attached hydrogen (secondary N) is 1. The maximum Gasteiger partial charge on any atom is 0.303 e. The van der Waals surface area contributed by atoms with Gasteiger partial charge in [0.2, 0.25) is 5.91 Å². The number of hydrogen-bond donors (Lipinski definition) is 1. The van der Waals surface area contributed by atoms with Gasteiger partial charge in [0.1, 0.15) is 23.9 Å². The third-order valence-electron chi connectivity index (χ3n) is 2.94. The monoisotopic (exact) mass is 329 g/mol. The van der Waals surface area contributed by atoms with Gasteiger partial charge in [-0.1, -0.05) is 12.1 Å². The highest BCUT2D eigenvalue weighted by molar-refractivity contribution is 6.02. The average molecular weight is 329 g/mol. The SMILES string of the molecule is CCOc1ccccc1NC(=O)C=Cc1ccc(COC(C)=O)o1. The number of anilines is 1. The van der Waals surface area contributed by atoms with E-state index in [2.05, 4.69) is 5.32 Å². The predicted octanol–water partition coefficient (Wildman–Crippen LogP) is 3.39. The van der Waals surface area contributed by atoms with Crippen LogP contribution in [0.4, 0.5) is 5.69 Å².